The van der Waals surface area contributed by atoms with Gasteiger partial charge in [0.15, 0.2) is 0 Å². The predicted octanol–water partition coefficient (Wildman–Crippen LogP) is 3.25. The lowest BCUT2D eigenvalue weighted by atomic mass is 9.64. The molecule has 24 heavy (non-hydrogen) atoms. The highest BCUT2D eigenvalue weighted by molar-refractivity contribution is 6.49. The van der Waals surface area contributed by atoms with Crippen LogP contribution < -0.4 is 10.1 Å². The number of ether oxygens (including phenoxy) is 1. The maximum Gasteiger partial charge on any atom is 0.239 e. The van der Waals surface area contributed by atoms with Crippen LogP contribution in [-0.4, -0.2) is 24.6 Å². The number of rotatable bonds is 3. The van der Waals surface area contributed by atoms with E-state index < -0.39 is 33.7 Å². The van der Waals surface area contributed by atoms with E-state index in [1.54, 1.807) is 25.1 Å². The summed E-state index contributed by atoms with van der Waals surface area (Å²) >= 11 is 6.00. The van der Waals surface area contributed by atoms with Gasteiger partial charge in [0.25, 0.3) is 0 Å². The second kappa shape index (κ2) is 5.06. The molecule has 1 amide bonds. The van der Waals surface area contributed by atoms with Crippen molar-refractivity contribution >= 4 is 34.8 Å². The minimum Gasteiger partial charge on any atom is -0.495 e. The number of amides is 1. The van der Waals surface area contributed by atoms with Crippen molar-refractivity contribution < 1.29 is 19.1 Å². The van der Waals surface area contributed by atoms with Gasteiger partial charge in [0.05, 0.1) is 12.8 Å². The Balaban J connectivity index is 2.03. The van der Waals surface area contributed by atoms with E-state index in [1.165, 1.54) is 7.11 Å². The third-order valence-corrected chi connectivity index (χ3v) is 6.57. The van der Waals surface area contributed by atoms with E-state index >= 15 is 0 Å². The van der Waals surface area contributed by atoms with Crippen molar-refractivity contribution in [1.29, 1.82) is 0 Å². The molecule has 0 spiro atoms. The van der Waals surface area contributed by atoms with Crippen LogP contribution in [0.15, 0.2) is 18.2 Å². The van der Waals surface area contributed by atoms with Crippen LogP contribution in [0.1, 0.15) is 33.6 Å². The molecule has 6 heteroatoms. The van der Waals surface area contributed by atoms with Crippen LogP contribution in [0.5, 0.6) is 5.75 Å². The Labute approximate surface area is 145 Å². The molecule has 1 N–H and O–H groups in total. The van der Waals surface area contributed by atoms with E-state index in [2.05, 4.69) is 5.32 Å². The quantitative estimate of drug-likeness (QED) is 0.671. The molecule has 3 rings (SSSR count). The topological polar surface area (TPSA) is 72.5 Å². The summed E-state index contributed by atoms with van der Waals surface area (Å²) in [5.74, 6) is -1.04. The average molecular weight is 350 g/mol. The van der Waals surface area contributed by atoms with Crippen LogP contribution in [0, 0.1) is 16.2 Å². The van der Waals surface area contributed by atoms with Crippen molar-refractivity contribution in [2.24, 2.45) is 16.2 Å². The predicted molar refractivity (Wildman–Crippen MR) is 90.2 cm³/mol. The zero-order valence-corrected chi connectivity index (χ0v) is 14.9. The molecular formula is C18H20ClNO4. The van der Waals surface area contributed by atoms with Crippen molar-refractivity contribution in [1.82, 2.24) is 0 Å². The first-order chi connectivity index (χ1) is 11.1. The number of hydrogen-bond donors (Lipinski definition) is 1. The fourth-order valence-electron chi connectivity index (χ4n) is 4.28. The van der Waals surface area contributed by atoms with Gasteiger partial charge in [0.2, 0.25) is 17.5 Å². The van der Waals surface area contributed by atoms with E-state index in [-0.39, 0.29) is 0 Å². The molecule has 0 aromatic heterocycles. The monoisotopic (exact) mass is 349 g/mol. The first-order valence-electron chi connectivity index (χ1n) is 7.86. The fourth-order valence-corrected chi connectivity index (χ4v) is 4.45. The summed E-state index contributed by atoms with van der Waals surface area (Å²) in [5, 5.41) is 3.20. The number of carbonyl (C=O) groups is 3. The molecule has 2 aliphatic carbocycles. The molecule has 0 heterocycles. The molecule has 0 unspecified atom stereocenters. The highest BCUT2D eigenvalue weighted by Gasteiger charge is 2.77. The van der Waals surface area contributed by atoms with Gasteiger partial charge >= 0.3 is 0 Å². The Bertz CT molecular complexity index is 772. The molecule has 2 aliphatic rings. The number of halogens is 1. The molecule has 2 atom stereocenters. The lowest BCUT2D eigenvalue weighted by Crippen LogP contribution is -2.47. The van der Waals surface area contributed by atoms with Gasteiger partial charge in [-0.1, -0.05) is 32.4 Å². The molecule has 5 nitrogen and oxygen atoms in total. The Hall–Kier alpha value is -1.88. The molecule has 0 radical (unpaired) electrons. The first kappa shape index (κ1) is 17.0. The molecule has 1 aromatic rings. The van der Waals surface area contributed by atoms with Gasteiger partial charge < -0.3 is 10.1 Å². The molecule has 0 saturated heterocycles. The van der Waals surface area contributed by atoms with Crippen molar-refractivity contribution in [3.05, 3.63) is 23.2 Å². The van der Waals surface area contributed by atoms with Crippen molar-refractivity contribution in [3.63, 3.8) is 0 Å². The third kappa shape index (κ3) is 1.79. The summed E-state index contributed by atoms with van der Waals surface area (Å²) in [7, 11) is 1.48. The number of anilines is 1. The summed E-state index contributed by atoms with van der Waals surface area (Å²) in [6.07, 6.45) is 0.903. The number of benzene rings is 1. The van der Waals surface area contributed by atoms with E-state index in [0.717, 1.165) is 0 Å². The van der Waals surface area contributed by atoms with Gasteiger partial charge in [-0.05, 0) is 36.5 Å². The van der Waals surface area contributed by atoms with E-state index in [1.807, 2.05) is 13.8 Å². The summed E-state index contributed by atoms with van der Waals surface area (Å²) in [5.41, 5.74) is -2.49. The normalized spacial score (nSPS) is 30.5. The van der Waals surface area contributed by atoms with Gasteiger partial charge in [0.1, 0.15) is 11.2 Å². The van der Waals surface area contributed by atoms with Crippen molar-refractivity contribution in [3.8, 4) is 5.75 Å². The Kier molecular flexibility index (Phi) is 3.57. The minimum absolute atomic E-state index is 0.371. The van der Waals surface area contributed by atoms with Crippen LogP contribution in [0.2, 0.25) is 5.02 Å². The summed E-state index contributed by atoms with van der Waals surface area (Å²) in [4.78, 5) is 38.3. The van der Waals surface area contributed by atoms with Gasteiger partial charge in [-0.2, -0.15) is 0 Å². The van der Waals surface area contributed by atoms with Gasteiger partial charge in [-0.15, -0.1) is 0 Å². The molecule has 2 saturated carbocycles. The van der Waals surface area contributed by atoms with Crippen molar-refractivity contribution in [2.45, 2.75) is 33.6 Å². The first-order valence-corrected chi connectivity index (χ1v) is 8.24. The number of ketones is 2. The Morgan fingerprint density at radius 2 is 1.83 bits per heavy atom. The highest BCUT2D eigenvalue weighted by Crippen LogP contribution is 2.69. The number of hydrogen-bond acceptors (Lipinski definition) is 4. The third-order valence-electron chi connectivity index (χ3n) is 6.34. The van der Waals surface area contributed by atoms with E-state index in [9.17, 15) is 14.4 Å². The smallest absolute Gasteiger partial charge is 0.239 e. The molecule has 128 valence electrons. The standard InChI is InChI=1S/C18H20ClNO4/c1-16(2)17(3)7-8-18(16,14(22)13(17)21)15(23)20-11-9-10(19)5-6-12(11)24-4/h5-6,9H,7-8H2,1-4H3,(H,20,23)/t17-,18+/m0/s1. The van der Waals surface area contributed by atoms with Crippen LogP contribution in [0.25, 0.3) is 0 Å². The molecule has 2 fully saturated rings. The molecule has 1 aromatic carbocycles. The summed E-state index contributed by atoms with van der Waals surface area (Å²) < 4.78 is 5.24. The van der Waals surface area contributed by atoms with Crippen LogP contribution in [-0.2, 0) is 14.4 Å². The Morgan fingerprint density at radius 1 is 1.17 bits per heavy atom. The van der Waals surface area contributed by atoms with Crippen LogP contribution in [0.3, 0.4) is 0 Å². The highest BCUT2D eigenvalue weighted by atomic mass is 35.5. The van der Waals surface area contributed by atoms with Crippen LogP contribution in [0.4, 0.5) is 5.69 Å². The number of methoxy groups -OCH3 is 1. The lowest BCUT2D eigenvalue weighted by molar-refractivity contribution is -0.147. The minimum atomic E-state index is -1.34. The molecule has 2 bridgehead atoms. The second-order valence-corrected chi connectivity index (χ2v) is 7.76. The van der Waals surface area contributed by atoms with Gasteiger partial charge in [-0.3, -0.25) is 14.4 Å². The zero-order valence-electron chi connectivity index (χ0n) is 14.2. The SMILES string of the molecule is COc1ccc(Cl)cc1NC(=O)[C@@]12CC[C@@](C)(C(=O)C1=O)C2(C)C. The number of carbonyl (C=O) groups excluding carboxylic acids is 3. The molecular weight excluding hydrogens is 330 g/mol. The molecule has 0 aliphatic heterocycles. The fraction of sp³-hybridized carbons (Fsp3) is 0.500. The summed E-state index contributed by atoms with van der Waals surface area (Å²) in [6, 6.07) is 4.85. The van der Waals surface area contributed by atoms with Gasteiger partial charge in [0, 0.05) is 10.4 Å². The van der Waals surface area contributed by atoms with E-state index in [0.29, 0.717) is 29.3 Å². The number of Topliss-reactive ketones (excluding diaryl/α,β-unsaturated/α-hetero) is 2. The summed E-state index contributed by atoms with van der Waals surface area (Å²) in [6.45, 7) is 5.45. The van der Waals surface area contributed by atoms with E-state index in [4.69, 9.17) is 16.3 Å². The maximum absolute atomic E-state index is 13.1. The zero-order chi connectivity index (χ0) is 17.9. The van der Waals surface area contributed by atoms with Gasteiger partial charge in [-0.25, -0.2) is 0 Å². The largest absolute Gasteiger partial charge is 0.495 e. The second-order valence-electron chi connectivity index (χ2n) is 7.32. The maximum atomic E-state index is 13.1. The Morgan fingerprint density at radius 3 is 2.38 bits per heavy atom. The van der Waals surface area contributed by atoms with Crippen molar-refractivity contribution in [2.75, 3.05) is 12.4 Å². The number of nitrogens with one attached hydrogen (secondary N) is 1. The number of fused-ring (bicyclic) bond motifs is 2. The average Bonchev–Trinajstić information content (AvgIpc) is 2.79. The van der Waals surface area contributed by atoms with Crippen LogP contribution >= 0.6 is 11.6 Å². The lowest BCUT2D eigenvalue weighted by Gasteiger charge is -2.37.